The lowest BCUT2D eigenvalue weighted by Crippen LogP contribution is -2.18. The van der Waals surface area contributed by atoms with Crippen LogP contribution in [0.1, 0.15) is 18.2 Å². The molecule has 0 aliphatic heterocycles. The molecule has 0 saturated carbocycles. The van der Waals surface area contributed by atoms with E-state index in [-0.39, 0.29) is 6.04 Å². The second-order valence-electron chi connectivity index (χ2n) is 3.90. The zero-order chi connectivity index (χ0) is 11.0. The molecule has 1 unspecified atom stereocenters. The molecule has 4 heteroatoms. The third-order valence-corrected chi connectivity index (χ3v) is 3.33. The number of aromatic nitrogens is 2. The van der Waals surface area contributed by atoms with Crippen LogP contribution >= 0.6 is 15.9 Å². The lowest BCUT2D eigenvalue weighted by Gasteiger charge is -2.06. The maximum absolute atomic E-state index is 5.81. The average Bonchev–Trinajstić information content (AvgIpc) is 2.45. The predicted molar refractivity (Wildman–Crippen MR) is 65.0 cm³/mol. The van der Waals surface area contributed by atoms with E-state index in [1.165, 1.54) is 5.56 Å². The van der Waals surface area contributed by atoms with Crippen molar-refractivity contribution in [2.45, 2.75) is 26.3 Å². The molecule has 15 heavy (non-hydrogen) atoms. The molecule has 2 aromatic heterocycles. The zero-order valence-corrected chi connectivity index (χ0v) is 10.5. The Kier molecular flexibility index (Phi) is 2.80. The van der Waals surface area contributed by atoms with Crippen molar-refractivity contribution in [2.75, 3.05) is 0 Å². The smallest absolute Gasteiger partial charge is 0.141 e. The Labute approximate surface area is 97.4 Å². The van der Waals surface area contributed by atoms with Gasteiger partial charge < -0.3 is 5.73 Å². The normalized spacial score (nSPS) is 13.3. The molecule has 0 saturated heterocycles. The molecular formula is C11H14BrN3. The standard InChI is InChI=1S/C11H14BrN3/c1-7(13)6-9-4-3-5-15-10(12)8(2)14-11(9)15/h3-5,7H,6,13H2,1-2H3. The van der Waals surface area contributed by atoms with Crippen LogP contribution in [0.5, 0.6) is 0 Å². The largest absolute Gasteiger partial charge is 0.328 e. The van der Waals surface area contributed by atoms with Gasteiger partial charge in [-0.3, -0.25) is 4.40 Å². The van der Waals surface area contributed by atoms with Gasteiger partial charge in [0.2, 0.25) is 0 Å². The summed E-state index contributed by atoms with van der Waals surface area (Å²) in [4.78, 5) is 4.53. The first-order valence-corrected chi connectivity index (χ1v) is 5.76. The first kappa shape index (κ1) is 10.6. The van der Waals surface area contributed by atoms with Crippen molar-refractivity contribution >= 4 is 21.6 Å². The van der Waals surface area contributed by atoms with Crippen LogP contribution in [0, 0.1) is 6.92 Å². The number of imidazole rings is 1. The van der Waals surface area contributed by atoms with Crippen LogP contribution in [0.15, 0.2) is 22.9 Å². The Morgan fingerprint density at radius 3 is 3.00 bits per heavy atom. The van der Waals surface area contributed by atoms with Crippen LogP contribution in [0.3, 0.4) is 0 Å². The predicted octanol–water partition coefficient (Wildman–Crippen LogP) is 2.29. The topological polar surface area (TPSA) is 43.3 Å². The summed E-state index contributed by atoms with van der Waals surface area (Å²) in [6.45, 7) is 4.00. The molecule has 0 aromatic carbocycles. The van der Waals surface area contributed by atoms with Gasteiger partial charge in [0, 0.05) is 12.2 Å². The molecule has 1 atom stereocenters. The van der Waals surface area contributed by atoms with Crippen LogP contribution < -0.4 is 5.73 Å². The van der Waals surface area contributed by atoms with E-state index >= 15 is 0 Å². The van der Waals surface area contributed by atoms with Gasteiger partial charge in [0.05, 0.1) is 5.69 Å². The van der Waals surface area contributed by atoms with E-state index in [2.05, 4.69) is 27.0 Å². The number of aryl methyl sites for hydroxylation is 1. The molecular weight excluding hydrogens is 254 g/mol. The van der Waals surface area contributed by atoms with Crippen LogP contribution in [0.25, 0.3) is 5.65 Å². The Hall–Kier alpha value is -0.870. The first-order chi connectivity index (χ1) is 7.09. The molecule has 2 heterocycles. The van der Waals surface area contributed by atoms with Crippen molar-refractivity contribution in [3.05, 3.63) is 34.2 Å². The molecule has 80 valence electrons. The van der Waals surface area contributed by atoms with Crippen molar-refractivity contribution < 1.29 is 0 Å². The summed E-state index contributed by atoms with van der Waals surface area (Å²) in [5, 5.41) is 0. The van der Waals surface area contributed by atoms with Crippen LogP contribution in [0.4, 0.5) is 0 Å². The molecule has 0 spiro atoms. The molecule has 0 bridgehead atoms. The van der Waals surface area contributed by atoms with E-state index in [0.717, 1.165) is 22.4 Å². The van der Waals surface area contributed by atoms with Crippen molar-refractivity contribution in [1.29, 1.82) is 0 Å². The fraction of sp³-hybridized carbons (Fsp3) is 0.364. The maximum Gasteiger partial charge on any atom is 0.141 e. The second kappa shape index (κ2) is 3.94. The number of hydrogen-bond acceptors (Lipinski definition) is 2. The van der Waals surface area contributed by atoms with Crippen molar-refractivity contribution in [3.63, 3.8) is 0 Å². The first-order valence-electron chi connectivity index (χ1n) is 4.97. The SMILES string of the molecule is Cc1nc2c(CC(C)N)cccn2c1Br. The summed E-state index contributed by atoms with van der Waals surface area (Å²) < 4.78 is 3.07. The van der Waals surface area contributed by atoms with Gasteiger partial charge in [0.1, 0.15) is 10.3 Å². The number of fused-ring (bicyclic) bond motifs is 1. The highest BCUT2D eigenvalue weighted by atomic mass is 79.9. The minimum atomic E-state index is 0.159. The average molecular weight is 268 g/mol. The number of rotatable bonds is 2. The Morgan fingerprint density at radius 1 is 1.60 bits per heavy atom. The highest BCUT2D eigenvalue weighted by Crippen LogP contribution is 2.21. The molecule has 0 aliphatic rings. The minimum absolute atomic E-state index is 0.159. The third kappa shape index (κ3) is 1.92. The van der Waals surface area contributed by atoms with Crippen molar-refractivity contribution in [1.82, 2.24) is 9.38 Å². The summed E-state index contributed by atoms with van der Waals surface area (Å²) in [6, 6.07) is 4.26. The Balaban J connectivity index is 2.61. The summed E-state index contributed by atoms with van der Waals surface area (Å²) in [7, 11) is 0. The maximum atomic E-state index is 5.81. The van der Waals surface area contributed by atoms with Gasteiger partial charge in [-0.15, -0.1) is 0 Å². The van der Waals surface area contributed by atoms with E-state index in [0.29, 0.717) is 0 Å². The van der Waals surface area contributed by atoms with Crippen molar-refractivity contribution in [2.24, 2.45) is 5.73 Å². The monoisotopic (exact) mass is 267 g/mol. The quantitative estimate of drug-likeness (QED) is 0.908. The van der Waals surface area contributed by atoms with Gasteiger partial charge in [-0.2, -0.15) is 0 Å². The summed E-state index contributed by atoms with van der Waals surface area (Å²) in [6.07, 6.45) is 2.86. The Morgan fingerprint density at radius 2 is 2.33 bits per heavy atom. The van der Waals surface area contributed by atoms with Crippen molar-refractivity contribution in [3.8, 4) is 0 Å². The lowest BCUT2D eigenvalue weighted by atomic mass is 10.1. The fourth-order valence-corrected chi connectivity index (χ4v) is 2.09. The minimum Gasteiger partial charge on any atom is -0.328 e. The molecule has 0 radical (unpaired) electrons. The highest BCUT2D eigenvalue weighted by Gasteiger charge is 2.09. The fourth-order valence-electron chi connectivity index (χ4n) is 1.71. The highest BCUT2D eigenvalue weighted by molar-refractivity contribution is 9.10. The van der Waals surface area contributed by atoms with Crippen LogP contribution in [-0.4, -0.2) is 15.4 Å². The van der Waals surface area contributed by atoms with E-state index in [1.54, 1.807) is 0 Å². The van der Waals surface area contributed by atoms with Gasteiger partial charge in [-0.1, -0.05) is 6.07 Å². The van der Waals surface area contributed by atoms with Gasteiger partial charge in [0.15, 0.2) is 0 Å². The molecule has 0 fully saturated rings. The lowest BCUT2D eigenvalue weighted by molar-refractivity contribution is 0.738. The van der Waals surface area contributed by atoms with E-state index in [4.69, 9.17) is 5.73 Å². The van der Waals surface area contributed by atoms with E-state index in [1.807, 2.05) is 30.5 Å². The molecule has 0 amide bonds. The molecule has 2 rings (SSSR count). The number of nitrogens with zero attached hydrogens (tertiary/aromatic N) is 2. The van der Waals surface area contributed by atoms with E-state index < -0.39 is 0 Å². The van der Waals surface area contributed by atoms with E-state index in [9.17, 15) is 0 Å². The molecule has 2 N–H and O–H groups in total. The number of hydrogen-bond donors (Lipinski definition) is 1. The van der Waals surface area contributed by atoms with Crippen LogP contribution in [-0.2, 0) is 6.42 Å². The second-order valence-corrected chi connectivity index (χ2v) is 4.65. The summed E-state index contributed by atoms with van der Waals surface area (Å²) >= 11 is 3.52. The zero-order valence-electron chi connectivity index (χ0n) is 8.87. The number of nitrogens with two attached hydrogens (primary N) is 1. The van der Waals surface area contributed by atoms with Gasteiger partial charge in [-0.05, 0) is 47.8 Å². The summed E-state index contributed by atoms with van der Waals surface area (Å²) in [5.41, 5.74) is 9.01. The third-order valence-electron chi connectivity index (χ3n) is 2.37. The van der Waals surface area contributed by atoms with Crippen LogP contribution in [0.2, 0.25) is 0 Å². The van der Waals surface area contributed by atoms with Gasteiger partial charge in [0.25, 0.3) is 0 Å². The number of pyridine rings is 1. The molecule has 3 nitrogen and oxygen atoms in total. The van der Waals surface area contributed by atoms with Gasteiger partial charge in [-0.25, -0.2) is 4.98 Å². The molecule has 0 aliphatic carbocycles. The number of halogens is 1. The Bertz CT molecular complexity index is 488. The molecule has 2 aromatic rings. The van der Waals surface area contributed by atoms with Gasteiger partial charge >= 0.3 is 0 Å². The summed E-state index contributed by atoms with van der Waals surface area (Å²) in [5.74, 6) is 0.